The molecule has 0 aliphatic carbocycles. The number of ether oxygens (including phenoxy) is 4. The molecule has 36 heavy (non-hydrogen) atoms. The highest BCUT2D eigenvalue weighted by molar-refractivity contribution is 5.91. The monoisotopic (exact) mass is 518 g/mol. The minimum atomic E-state index is -1.39. The summed E-state index contributed by atoms with van der Waals surface area (Å²) in [6.07, 6.45) is -2.14. The summed E-state index contributed by atoms with van der Waals surface area (Å²) in [7, 11) is 1.42. The third-order valence-corrected chi connectivity index (χ3v) is 5.01. The van der Waals surface area contributed by atoms with Gasteiger partial charge in [-0.2, -0.15) is 0 Å². The Morgan fingerprint density at radius 3 is 2.36 bits per heavy atom. The van der Waals surface area contributed by atoms with Gasteiger partial charge >= 0.3 is 12.2 Å². The van der Waals surface area contributed by atoms with Crippen molar-refractivity contribution in [2.45, 2.75) is 58.0 Å². The minimum absolute atomic E-state index is 0.0489. The zero-order valence-corrected chi connectivity index (χ0v) is 21.1. The summed E-state index contributed by atoms with van der Waals surface area (Å²) in [5.41, 5.74) is 5.45. The number of carbonyl (C=O) groups excluding carboxylic acids is 4. The summed E-state index contributed by atoms with van der Waals surface area (Å²) in [5.74, 6) is -1.70. The Bertz CT molecular complexity index is 766. The molecule has 0 radical (unpaired) electrons. The van der Waals surface area contributed by atoms with E-state index in [0.29, 0.717) is 19.4 Å². The number of nitrogens with one attached hydrogen (secondary N) is 4. The van der Waals surface area contributed by atoms with E-state index < -0.39 is 55.0 Å². The van der Waals surface area contributed by atoms with E-state index in [1.54, 1.807) is 0 Å². The van der Waals surface area contributed by atoms with E-state index in [1.165, 1.54) is 18.9 Å². The van der Waals surface area contributed by atoms with Gasteiger partial charge in [0.25, 0.3) is 0 Å². The number of amides is 3. The highest BCUT2D eigenvalue weighted by Crippen LogP contribution is 2.15. The number of likely N-dealkylation sites (tertiary alicyclic amines) is 1. The van der Waals surface area contributed by atoms with Gasteiger partial charge in [-0.05, 0) is 25.7 Å². The molecule has 0 aromatic rings. The first-order valence-electron chi connectivity index (χ1n) is 11.6. The lowest BCUT2D eigenvalue weighted by atomic mass is 10.0. The summed E-state index contributed by atoms with van der Waals surface area (Å²) in [6.45, 7) is 5.03. The van der Waals surface area contributed by atoms with Crippen LogP contribution in [-0.2, 0) is 28.5 Å². The van der Waals surface area contributed by atoms with Crippen molar-refractivity contribution in [3.63, 3.8) is 0 Å². The maximum atomic E-state index is 12.8. The van der Waals surface area contributed by atoms with Crippen LogP contribution in [0.5, 0.6) is 0 Å². The molecule has 1 aliphatic heterocycles. The van der Waals surface area contributed by atoms with Gasteiger partial charge in [-0.1, -0.05) is 13.8 Å². The Kier molecular flexibility index (Phi) is 13.3. The second-order valence-electron chi connectivity index (χ2n) is 8.57. The fourth-order valence-electron chi connectivity index (χ4n) is 3.09. The van der Waals surface area contributed by atoms with Crippen LogP contribution in [0.2, 0.25) is 0 Å². The highest BCUT2D eigenvalue weighted by Gasteiger charge is 2.33. The van der Waals surface area contributed by atoms with Crippen LogP contribution in [0.4, 0.5) is 9.59 Å². The van der Waals surface area contributed by atoms with E-state index in [-0.39, 0.29) is 31.7 Å². The highest BCUT2D eigenvalue weighted by atomic mass is 16.7. The Morgan fingerprint density at radius 1 is 1.06 bits per heavy atom. The Balaban J connectivity index is 2.73. The van der Waals surface area contributed by atoms with E-state index in [4.69, 9.17) is 30.1 Å². The zero-order chi connectivity index (χ0) is 27.3. The molecule has 1 saturated heterocycles. The molecule has 15 heteroatoms. The first-order valence-corrected chi connectivity index (χ1v) is 11.6. The second kappa shape index (κ2) is 15.6. The number of carbonyl (C=O) groups is 4. The number of nitrogens with zero attached hydrogens (tertiary/aromatic N) is 1. The summed E-state index contributed by atoms with van der Waals surface area (Å²) in [6, 6.07) is -3.18. The van der Waals surface area contributed by atoms with Crippen LogP contribution in [-0.4, -0.2) is 104 Å². The third kappa shape index (κ3) is 10.9. The molecule has 206 valence electrons. The Hall–Kier alpha value is -3.33. The molecule has 0 aromatic heterocycles. The van der Waals surface area contributed by atoms with Crippen molar-refractivity contribution in [2.75, 3.05) is 40.1 Å². The van der Waals surface area contributed by atoms with Gasteiger partial charge in [-0.25, -0.2) is 9.59 Å². The van der Waals surface area contributed by atoms with Gasteiger partial charge in [0.2, 0.25) is 11.8 Å². The second-order valence-corrected chi connectivity index (χ2v) is 8.57. The summed E-state index contributed by atoms with van der Waals surface area (Å²) < 4.78 is 19.4. The van der Waals surface area contributed by atoms with Crippen LogP contribution in [0.15, 0.2) is 0 Å². The fourth-order valence-corrected chi connectivity index (χ4v) is 3.09. The fraction of sp³-hybridized carbons (Fsp3) is 0.762. The molecule has 1 heterocycles. The van der Waals surface area contributed by atoms with Crippen molar-refractivity contribution in [1.82, 2.24) is 20.9 Å². The standard InChI is InChI=1S/C21H38N6O9/c1-12(2)10-35-20(31)26-15(11-36-21(32)34-9-8-33-4)17(29)24-13(3)16(28)25-14-6-5-7-27(18(14)30)19(22)23/h12-15,18,30H,5-11H2,1-4H3,(H3,22,23)(H,24,29)(H,25,28)(H,26,31). The Morgan fingerprint density at radius 2 is 1.75 bits per heavy atom. The molecule has 0 spiro atoms. The number of aliphatic hydroxyl groups is 1. The van der Waals surface area contributed by atoms with Gasteiger partial charge in [0, 0.05) is 13.7 Å². The van der Waals surface area contributed by atoms with E-state index >= 15 is 0 Å². The molecule has 7 N–H and O–H groups in total. The molecular formula is C21H38N6O9. The summed E-state index contributed by atoms with van der Waals surface area (Å²) in [4.78, 5) is 50.5. The SMILES string of the molecule is COCCOC(=O)OCC(NC(=O)OCC(C)C)C(=O)NC(C)C(=O)NC1CCCN(C(=N)N)C1O. The van der Waals surface area contributed by atoms with Crippen molar-refractivity contribution >= 4 is 30.0 Å². The van der Waals surface area contributed by atoms with E-state index in [0.717, 1.165) is 0 Å². The van der Waals surface area contributed by atoms with Gasteiger partial charge < -0.3 is 50.6 Å². The summed E-state index contributed by atoms with van der Waals surface area (Å²) >= 11 is 0. The number of hydrogen-bond acceptors (Lipinski definition) is 10. The van der Waals surface area contributed by atoms with Crippen LogP contribution in [0, 0.1) is 11.3 Å². The van der Waals surface area contributed by atoms with Crippen molar-refractivity contribution in [2.24, 2.45) is 11.7 Å². The van der Waals surface area contributed by atoms with Crippen molar-refractivity contribution in [1.29, 1.82) is 5.41 Å². The van der Waals surface area contributed by atoms with Crippen LogP contribution in [0.25, 0.3) is 0 Å². The predicted octanol–water partition coefficient (Wildman–Crippen LogP) is -1.17. The summed E-state index contributed by atoms with van der Waals surface area (Å²) in [5, 5.41) is 25.2. The predicted molar refractivity (Wildman–Crippen MR) is 126 cm³/mol. The number of hydrogen-bond donors (Lipinski definition) is 6. The number of guanidine groups is 1. The molecule has 0 saturated carbocycles. The van der Waals surface area contributed by atoms with Crippen molar-refractivity contribution < 1.29 is 43.2 Å². The van der Waals surface area contributed by atoms with Crippen molar-refractivity contribution in [3.05, 3.63) is 0 Å². The average molecular weight is 519 g/mol. The largest absolute Gasteiger partial charge is 0.508 e. The number of aliphatic hydroxyl groups excluding tert-OH is 1. The molecule has 1 aliphatic rings. The number of methoxy groups -OCH3 is 1. The molecule has 0 aromatic carbocycles. The van der Waals surface area contributed by atoms with Crippen LogP contribution in [0.1, 0.15) is 33.6 Å². The third-order valence-electron chi connectivity index (χ3n) is 5.01. The normalized spacial score (nSPS) is 19.0. The van der Waals surface area contributed by atoms with Gasteiger partial charge in [-0.3, -0.25) is 15.0 Å². The maximum Gasteiger partial charge on any atom is 0.508 e. The zero-order valence-electron chi connectivity index (χ0n) is 21.1. The lowest BCUT2D eigenvalue weighted by Crippen LogP contribution is -2.61. The maximum absolute atomic E-state index is 12.8. The van der Waals surface area contributed by atoms with Crippen LogP contribution in [0.3, 0.4) is 0 Å². The molecule has 1 fully saturated rings. The molecule has 4 atom stereocenters. The van der Waals surface area contributed by atoms with Gasteiger partial charge in [-0.15, -0.1) is 0 Å². The van der Waals surface area contributed by atoms with Gasteiger partial charge in [0.1, 0.15) is 31.5 Å². The Labute approximate surface area is 209 Å². The van der Waals surface area contributed by atoms with E-state index in [9.17, 15) is 24.3 Å². The van der Waals surface area contributed by atoms with Gasteiger partial charge in [0.05, 0.1) is 19.3 Å². The van der Waals surface area contributed by atoms with E-state index in [2.05, 4.69) is 16.0 Å². The van der Waals surface area contributed by atoms with Crippen LogP contribution < -0.4 is 21.7 Å². The molecule has 1 rings (SSSR count). The van der Waals surface area contributed by atoms with E-state index in [1.807, 2.05) is 13.8 Å². The quantitative estimate of drug-likeness (QED) is 0.0783. The molecule has 0 bridgehead atoms. The molecule has 15 nitrogen and oxygen atoms in total. The lowest BCUT2D eigenvalue weighted by molar-refractivity contribution is -0.131. The smallest absolute Gasteiger partial charge is 0.449 e. The molecule has 4 unspecified atom stereocenters. The molecule has 3 amide bonds. The number of nitrogens with two attached hydrogens (primary N) is 1. The number of piperidine rings is 1. The number of rotatable bonds is 12. The number of alkyl carbamates (subject to hydrolysis) is 1. The lowest BCUT2D eigenvalue weighted by Gasteiger charge is -2.38. The first kappa shape index (κ1) is 30.7. The minimum Gasteiger partial charge on any atom is -0.449 e. The topological polar surface area (TPSA) is 215 Å². The van der Waals surface area contributed by atoms with Crippen LogP contribution >= 0.6 is 0 Å². The first-order chi connectivity index (χ1) is 17.0. The van der Waals surface area contributed by atoms with Gasteiger partial charge in [0.15, 0.2) is 5.96 Å². The van der Waals surface area contributed by atoms with Crippen molar-refractivity contribution in [3.8, 4) is 0 Å². The average Bonchev–Trinajstić information content (AvgIpc) is 2.81. The molecular weight excluding hydrogens is 480 g/mol.